The molecule has 0 spiro atoms. The van der Waals surface area contributed by atoms with E-state index in [1.165, 1.54) is 89.9 Å². The minimum Gasteiger partial charge on any atom is -0.462 e. The molecule has 2 rings (SSSR count). The lowest BCUT2D eigenvalue weighted by Gasteiger charge is -2.42. The Morgan fingerprint density at radius 2 is 0.887 bits per heavy atom. The number of unbranched alkanes of at least 4 members (excludes halogenated alkanes) is 24. The van der Waals surface area contributed by atoms with Gasteiger partial charge in [0, 0.05) is 12.8 Å². The summed E-state index contributed by atoms with van der Waals surface area (Å²) in [5, 5.41) is 72.2. The lowest BCUT2D eigenvalue weighted by molar-refractivity contribution is -0.332. The Morgan fingerprint density at radius 3 is 1.39 bits per heavy atom. The highest BCUT2D eigenvalue weighted by Gasteiger charge is 2.47. The Morgan fingerprint density at radius 1 is 0.465 bits per heavy atom. The van der Waals surface area contributed by atoms with Crippen molar-refractivity contribution < 1.29 is 73.8 Å². The van der Waals surface area contributed by atoms with Gasteiger partial charge in [-0.2, -0.15) is 0 Å². The summed E-state index contributed by atoms with van der Waals surface area (Å²) < 4.78 is 33.7. The van der Waals surface area contributed by atoms with E-state index in [2.05, 4.69) is 50.3 Å². The van der Waals surface area contributed by atoms with Gasteiger partial charge >= 0.3 is 11.9 Å². The van der Waals surface area contributed by atoms with Crippen LogP contribution in [0.3, 0.4) is 0 Å². The third-order valence-corrected chi connectivity index (χ3v) is 13.4. The fourth-order valence-electron chi connectivity index (χ4n) is 8.82. The van der Waals surface area contributed by atoms with E-state index in [1.807, 2.05) is 0 Å². The Kier molecular flexibility index (Phi) is 39.3. The van der Waals surface area contributed by atoms with Crippen LogP contribution in [0.5, 0.6) is 0 Å². The van der Waals surface area contributed by atoms with Gasteiger partial charge in [-0.3, -0.25) is 9.59 Å². The average molecular weight is 1010 g/mol. The van der Waals surface area contributed by atoms with Crippen molar-refractivity contribution in [3.63, 3.8) is 0 Å². The van der Waals surface area contributed by atoms with Gasteiger partial charge in [0.15, 0.2) is 18.7 Å². The van der Waals surface area contributed by atoms with E-state index in [9.17, 15) is 45.3 Å². The molecule has 414 valence electrons. The zero-order valence-electron chi connectivity index (χ0n) is 44.0. The van der Waals surface area contributed by atoms with E-state index in [0.717, 1.165) is 83.5 Å². The summed E-state index contributed by atoms with van der Waals surface area (Å²) in [6.07, 6.45) is 30.2. The number of aliphatic hydroxyl groups is 7. The zero-order chi connectivity index (χ0) is 51.7. The number of carbonyl (C=O) groups is 2. The van der Waals surface area contributed by atoms with Gasteiger partial charge in [0.1, 0.15) is 55.4 Å². The minimum absolute atomic E-state index is 0.155. The first kappa shape index (κ1) is 64.8. The molecule has 2 fully saturated rings. The first-order chi connectivity index (χ1) is 34.5. The molecule has 11 atom stereocenters. The van der Waals surface area contributed by atoms with Crippen LogP contribution >= 0.6 is 0 Å². The fraction of sp³-hybridized carbons (Fsp3) is 0.857. The van der Waals surface area contributed by atoms with Crippen LogP contribution in [0.1, 0.15) is 213 Å². The third-order valence-electron chi connectivity index (χ3n) is 13.4. The number of carbonyl (C=O) groups excluding carboxylic acids is 2. The van der Waals surface area contributed by atoms with Crippen LogP contribution in [0.25, 0.3) is 0 Å². The highest BCUT2D eigenvalue weighted by Crippen LogP contribution is 2.27. The molecule has 11 unspecified atom stereocenters. The number of rotatable bonds is 44. The maximum atomic E-state index is 13.0. The number of hydrogen-bond acceptors (Lipinski definition) is 15. The molecule has 0 aromatic heterocycles. The van der Waals surface area contributed by atoms with Crippen LogP contribution in [0.4, 0.5) is 0 Å². The highest BCUT2D eigenvalue weighted by molar-refractivity contribution is 5.70. The first-order valence-corrected chi connectivity index (χ1v) is 28.1. The van der Waals surface area contributed by atoms with Gasteiger partial charge in [-0.25, -0.2) is 0 Å². The second-order valence-corrected chi connectivity index (χ2v) is 19.7. The number of ether oxygens (including phenoxy) is 6. The SMILES string of the molecule is CC/C=C\C/C=C\C/C=C\CCCCCCCCCC(=O)OC(COC(=O)CCCCCCCCCCCCCCCCCCCC)COC1OC(COC2OC(CO)C(O)C(O)C2O)C(O)C(O)C1O. The normalized spacial score (nSPS) is 25.4. The van der Waals surface area contributed by atoms with E-state index < -0.39 is 92.7 Å². The van der Waals surface area contributed by atoms with E-state index >= 15 is 0 Å². The molecule has 0 aliphatic carbocycles. The van der Waals surface area contributed by atoms with E-state index in [1.54, 1.807) is 0 Å². The van der Waals surface area contributed by atoms with Gasteiger partial charge in [-0.05, 0) is 44.9 Å². The van der Waals surface area contributed by atoms with Crippen molar-refractivity contribution in [1.29, 1.82) is 0 Å². The summed E-state index contributed by atoms with van der Waals surface area (Å²) >= 11 is 0. The van der Waals surface area contributed by atoms with E-state index in [4.69, 9.17) is 28.4 Å². The molecule has 2 saturated heterocycles. The lowest BCUT2D eigenvalue weighted by atomic mass is 9.98. The monoisotopic (exact) mass is 1010 g/mol. The third kappa shape index (κ3) is 30.6. The fourth-order valence-corrected chi connectivity index (χ4v) is 8.82. The second-order valence-electron chi connectivity index (χ2n) is 19.7. The molecule has 0 bridgehead atoms. The van der Waals surface area contributed by atoms with Crippen molar-refractivity contribution in [2.45, 2.75) is 280 Å². The second kappa shape index (κ2) is 43.0. The molecule has 0 radical (unpaired) electrons. The van der Waals surface area contributed by atoms with Crippen molar-refractivity contribution >= 4 is 11.9 Å². The van der Waals surface area contributed by atoms with E-state index in [0.29, 0.717) is 12.8 Å². The number of allylic oxidation sites excluding steroid dienone is 6. The van der Waals surface area contributed by atoms with Gasteiger partial charge in [-0.15, -0.1) is 0 Å². The summed E-state index contributed by atoms with van der Waals surface area (Å²) in [5.74, 6) is -0.928. The number of hydrogen-bond donors (Lipinski definition) is 7. The summed E-state index contributed by atoms with van der Waals surface area (Å²) in [4.78, 5) is 25.9. The molecule has 0 aromatic rings. The molecule has 2 aliphatic heterocycles. The average Bonchev–Trinajstić information content (AvgIpc) is 3.36. The van der Waals surface area contributed by atoms with Gasteiger partial charge in [-0.1, -0.05) is 192 Å². The summed E-state index contributed by atoms with van der Waals surface area (Å²) in [7, 11) is 0. The van der Waals surface area contributed by atoms with Crippen molar-refractivity contribution in [3.8, 4) is 0 Å². The molecular formula is C56H100O15. The predicted octanol–water partition coefficient (Wildman–Crippen LogP) is 8.88. The first-order valence-electron chi connectivity index (χ1n) is 28.1. The zero-order valence-corrected chi connectivity index (χ0v) is 44.0. The molecule has 0 saturated carbocycles. The van der Waals surface area contributed by atoms with Gasteiger partial charge in [0.05, 0.1) is 19.8 Å². The molecule has 2 heterocycles. The molecule has 2 aliphatic rings. The largest absolute Gasteiger partial charge is 0.462 e. The smallest absolute Gasteiger partial charge is 0.306 e. The van der Waals surface area contributed by atoms with E-state index in [-0.39, 0.29) is 26.1 Å². The lowest BCUT2D eigenvalue weighted by Crippen LogP contribution is -2.61. The quantitative estimate of drug-likeness (QED) is 0.0172. The van der Waals surface area contributed by atoms with Crippen molar-refractivity contribution in [2.24, 2.45) is 0 Å². The molecule has 15 nitrogen and oxygen atoms in total. The van der Waals surface area contributed by atoms with Gasteiger partial charge in [0.2, 0.25) is 0 Å². The topological polar surface area (TPSA) is 231 Å². The van der Waals surface area contributed by atoms with Crippen molar-refractivity contribution in [3.05, 3.63) is 36.5 Å². The van der Waals surface area contributed by atoms with Crippen LogP contribution < -0.4 is 0 Å². The summed E-state index contributed by atoms with van der Waals surface area (Å²) in [6.45, 7) is 2.50. The number of aliphatic hydroxyl groups excluding tert-OH is 7. The van der Waals surface area contributed by atoms with Crippen LogP contribution in [-0.2, 0) is 38.0 Å². The Labute approximate surface area is 427 Å². The molecule has 7 N–H and O–H groups in total. The standard InChI is InChI=1S/C56H100O15/c1-3-5-7-9-11-13-15-17-19-21-23-24-26-28-30-32-34-36-38-47(58)66-41-44(69-48(59)39-37-35-33-31-29-27-25-22-20-18-16-14-12-10-8-6-4-2)42-67-55-54(65)52(63)50(61)46(71-55)43-68-56-53(64)51(62)49(60)45(40-57)70-56/h6,8,12,14,18,20,44-46,49-57,60-65H,3-5,7,9-11,13,15-17,19,21-43H2,1-2H3/b8-6-,14-12-,20-18-. The Bertz CT molecular complexity index is 1380. The summed E-state index contributed by atoms with van der Waals surface area (Å²) in [5.41, 5.74) is 0. The summed E-state index contributed by atoms with van der Waals surface area (Å²) in [6, 6.07) is 0. The van der Waals surface area contributed by atoms with Crippen molar-refractivity contribution in [1.82, 2.24) is 0 Å². The van der Waals surface area contributed by atoms with Crippen LogP contribution in [0, 0.1) is 0 Å². The number of esters is 2. The van der Waals surface area contributed by atoms with Crippen LogP contribution in [-0.4, -0.2) is 142 Å². The van der Waals surface area contributed by atoms with Crippen LogP contribution in [0.15, 0.2) is 36.5 Å². The predicted molar refractivity (Wildman–Crippen MR) is 275 cm³/mol. The van der Waals surface area contributed by atoms with Gasteiger partial charge in [0.25, 0.3) is 0 Å². The molecule has 71 heavy (non-hydrogen) atoms. The minimum atomic E-state index is -1.77. The molecular weight excluding hydrogens is 913 g/mol. The molecule has 0 amide bonds. The highest BCUT2D eigenvalue weighted by atomic mass is 16.7. The Balaban J connectivity index is 1.77. The Hall–Kier alpha value is -2.28. The van der Waals surface area contributed by atoms with Crippen LogP contribution in [0.2, 0.25) is 0 Å². The molecule has 15 heteroatoms. The maximum Gasteiger partial charge on any atom is 0.306 e. The maximum absolute atomic E-state index is 13.0. The molecule has 0 aromatic carbocycles. The van der Waals surface area contributed by atoms with Crippen molar-refractivity contribution in [2.75, 3.05) is 26.4 Å². The van der Waals surface area contributed by atoms with Gasteiger partial charge < -0.3 is 64.2 Å².